The van der Waals surface area contributed by atoms with Gasteiger partial charge in [0, 0.05) is 20.1 Å². The molecule has 0 unspecified atom stereocenters. The number of aromatic nitrogens is 3. The number of likely N-dealkylation sites (tertiary alicyclic amines) is 1. The molecule has 7 nitrogen and oxygen atoms in total. The third-order valence-corrected chi connectivity index (χ3v) is 3.55. The van der Waals surface area contributed by atoms with Gasteiger partial charge < -0.3 is 15.7 Å². The molecule has 0 spiro atoms. The van der Waals surface area contributed by atoms with Gasteiger partial charge in [0.05, 0.1) is 6.54 Å². The second-order valence-corrected chi connectivity index (χ2v) is 5.47. The first-order valence-corrected chi connectivity index (χ1v) is 6.85. The van der Waals surface area contributed by atoms with E-state index >= 15 is 0 Å². The summed E-state index contributed by atoms with van der Waals surface area (Å²) in [6, 6.07) is -0.985. The fourth-order valence-electron chi connectivity index (χ4n) is 2.50. The van der Waals surface area contributed by atoms with Gasteiger partial charge in [-0.1, -0.05) is 0 Å². The SMILES string of the molecule is CN(C)c1nc(N)nc(CN2CCC[C@H]2[C@H](O)C(F)(F)F)n1. The van der Waals surface area contributed by atoms with Crippen LogP contribution < -0.4 is 10.6 Å². The Balaban J connectivity index is 2.16. The molecule has 0 aromatic carbocycles. The lowest BCUT2D eigenvalue weighted by molar-refractivity contribution is -0.219. The Kier molecular flexibility index (Phi) is 4.71. The van der Waals surface area contributed by atoms with Gasteiger partial charge in [-0.25, -0.2) is 0 Å². The van der Waals surface area contributed by atoms with Crippen LogP contribution in [-0.2, 0) is 6.54 Å². The molecule has 0 radical (unpaired) electrons. The number of aliphatic hydroxyl groups is 1. The summed E-state index contributed by atoms with van der Waals surface area (Å²) < 4.78 is 38.1. The van der Waals surface area contributed by atoms with Gasteiger partial charge >= 0.3 is 6.18 Å². The Hall–Kier alpha value is -1.68. The van der Waals surface area contributed by atoms with Crippen LogP contribution in [0.2, 0.25) is 0 Å². The topological polar surface area (TPSA) is 91.4 Å². The molecule has 0 saturated carbocycles. The van der Waals surface area contributed by atoms with E-state index in [1.807, 2.05) is 0 Å². The first-order chi connectivity index (χ1) is 10.2. The first-order valence-electron chi connectivity index (χ1n) is 6.85. The van der Waals surface area contributed by atoms with Crippen LogP contribution in [0.25, 0.3) is 0 Å². The molecule has 1 aliphatic rings. The molecule has 10 heteroatoms. The van der Waals surface area contributed by atoms with Crippen LogP contribution in [0.5, 0.6) is 0 Å². The molecule has 2 heterocycles. The zero-order valence-corrected chi connectivity index (χ0v) is 12.4. The summed E-state index contributed by atoms with van der Waals surface area (Å²) in [5.41, 5.74) is 5.60. The average molecular weight is 320 g/mol. The quantitative estimate of drug-likeness (QED) is 0.830. The molecule has 2 rings (SSSR count). The zero-order valence-electron chi connectivity index (χ0n) is 12.4. The first kappa shape index (κ1) is 16.7. The molecule has 1 aromatic heterocycles. The monoisotopic (exact) mass is 320 g/mol. The van der Waals surface area contributed by atoms with Crippen LogP contribution in [0.15, 0.2) is 0 Å². The second kappa shape index (κ2) is 6.21. The van der Waals surface area contributed by atoms with E-state index in [9.17, 15) is 18.3 Å². The molecule has 3 N–H and O–H groups in total. The predicted molar refractivity (Wildman–Crippen MR) is 74.1 cm³/mol. The number of halogens is 3. The van der Waals surface area contributed by atoms with Crippen LogP contribution >= 0.6 is 0 Å². The third-order valence-electron chi connectivity index (χ3n) is 3.55. The van der Waals surface area contributed by atoms with Crippen LogP contribution in [-0.4, -0.2) is 63.9 Å². The van der Waals surface area contributed by atoms with Crippen LogP contribution in [0.3, 0.4) is 0 Å². The molecule has 22 heavy (non-hydrogen) atoms. The van der Waals surface area contributed by atoms with Crippen molar-refractivity contribution in [1.82, 2.24) is 19.9 Å². The minimum Gasteiger partial charge on any atom is -0.382 e. The zero-order chi connectivity index (χ0) is 16.5. The van der Waals surface area contributed by atoms with Crippen LogP contribution in [0, 0.1) is 0 Å². The summed E-state index contributed by atoms with van der Waals surface area (Å²) in [7, 11) is 3.45. The van der Waals surface area contributed by atoms with Crippen molar-refractivity contribution in [3.8, 4) is 0 Å². The second-order valence-electron chi connectivity index (χ2n) is 5.47. The molecule has 124 valence electrons. The average Bonchev–Trinajstić information content (AvgIpc) is 2.83. The Morgan fingerprint density at radius 3 is 2.64 bits per heavy atom. The maximum atomic E-state index is 12.7. The predicted octanol–water partition coefficient (Wildman–Crippen LogP) is 0.407. The lowest BCUT2D eigenvalue weighted by atomic mass is 10.1. The van der Waals surface area contributed by atoms with E-state index in [0.29, 0.717) is 18.9 Å². The van der Waals surface area contributed by atoms with E-state index in [4.69, 9.17) is 5.73 Å². The van der Waals surface area contributed by atoms with E-state index in [1.165, 1.54) is 4.90 Å². The summed E-state index contributed by atoms with van der Waals surface area (Å²) in [5, 5.41) is 9.48. The molecular formula is C12H19F3N6O. The van der Waals surface area contributed by atoms with Crippen LogP contribution in [0.1, 0.15) is 18.7 Å². The van der Waals surface area contributed by atoms with Crippen molar-refractivity contribution >= 4 is 11.9 Å². The normalized spacial score (nSPS) is 21.1. The summed E-state index contributed by atoms with van der Waals surface area (Å²) in [6.45, 7) is 0.534. The van der Waals surface area contributed by atoms with Gasteiger partial charge in [0.15, 0.2) is 6.10 Å². The maximum absolute atomic E-state index is 12.7. The van der Waals surface area contributed by atoms with Gasteiger partial charge in [-0.2, -0.15) is 28.1 Å². The Morgan fingerprint density at radius 2 is 2.05 bits per heavy atom. The van der Waals surface area contributed by atoms with Crippen molar-refractivity contribution in [3.05, 3.63) is 5.82 Å². The van der Waals surface area contributed by atoms with Gasteiger partial charge in [-0.3, -0.25) is 4.90 Å². The molecule has 2 atom stereocenters. The summed E-state index contributed by atoms with van der Waals surface area (Å²) >= 11 is 0. The largest absolute Gasteiger partial charge is 0.415 e. The Labute approximate surface area is 126 Å². The van der Waals surface area contributed by atoms with Gasteiger partial charge in [-0.15, -0.1) is 0 Å². The van der Waals surface area contributed by atoms with E-state index < -0.39 is 18.3 Å². The molecular weight excluding hydrogens is 301 g/mol. The summed E-state index contributed by atoms with van der Waals surface area (Å²) in [6.07, 6.45) is -6.15. The lowest BCUT2D eigenvalue weighted by Gasteiger charge is -2.29. The highest BCUT2D eigenvalue weighted by atomic mass is 19.4. The van der Waals surface area contributed by atoms with Crippen molar-refractivity contribution in [1.29, 1.82) is 0 Å². The smallest absolute Gasteiger partial charge is 0.382 e. The van der Waals surface area contributed by atoms with E-state index in [0.717, 1.165) is 0 Å². The molecule has 1 fully saturated rings. The number of nitrogens with two attached hydrogens (primary N) is 1. The van der Waals surface area contributed by atoms with Crippen molar-refractivity contribution in [3.63, 3.8) is 0 Å². The summed E-state index contributed by atoms with van der Waals surface area (Å²) in [5.74, 6) is 0.646. The number of nitrogen functional groups attached to an aromatic ring is 1. The number of nitrogens with zero attached hydrogens (tertiary/aromatic N) is 5. The van der Waals surface area contributed by atoms with Crippen molar-refractivity contribution < 1.29 is 18.3 Å². The number of hydrogen-bond donors (Lipinski definition) is 2. The fraction of sp³-hybridized carbons (Fsp3) is 0.750. The van der Waals surface area contributed by atoms with Gasteiger partial charge in [0.1, 0.15) is 5.82 Å². The van der Waals surface area contributed by atoms with E-state index in [-0.39, 0.29) is 24.7 Å². The number of hydrogen-bond acceptors (Lipinski definition) is 7. The minimum atomic E-state index is -4.64. The Bertz CT molecular complexity index is 524. The standard InChI is InChI=1S/C12H19F3N6O/c1-20(2)11-18-8(17-10(16)19-11)6-21-5-3-4-7(21)9(22)12(13,14)15/h7,9,22H,3-6H2,1-2H3,(H2,16,17,18,19)/t7-,9-/m0/s1. The van der Waals surface area contributed by atoms with Crippen molar-refractivity contribution in [2.75, 3.05) is 31.3 Å². The molecule has 0 aliphatic carbocycles. The van der Waals surface area contributed by atoms with Crippen molar-refractivity contribution in [2.24, 2.45) is 0 Å². The Morgan fingerprint density at radius 1 is 1.36 bits per heavy atom. The van der Waals surface area contributed by atoms with Crippen molar-refractivity contribution in [2.45, 2.75) is 37.7 Å². The van der Waals surface area contributed by atoms with E-state index in [1.54, 1.807) is 19.0 Å². The number of rotatable bonds is 4. The van der Waals surface area contributed by atoms with Gasteiger partial charge in [0.2, 0.25) is 11.9 Å². The molecule has 1 aromatic rings. The fourth-order valence-corrected chi connectivity index (χ4v) is 2.50. The molecule has 0 bridgehead atoms. The third kappa shape index (κ3) is 3.74. The van der Waals surface area contributed by atoms with Crippen LogP contribution in [0.4, 0.5) is 25.1 Å². The van der Waals surface area contributed by atoms with Gasteiger partial charge in [0.25, 0.3) is 0 Å². The van der Waals surface area contributed by atoms with Gasteiger partial charge in [-0.05, 0) is 19.4 Å². The highest BCUT2D eigenvalue weighted by Crippen LogP contribution is 2.31. The number of anilines is 2. The molecule has 1 saturated heterocycles. The lowest BCUT2D eigenvalue weighted by Crippen LogP contribution is -2.46. The maximum Gasteiger partial charge on any atom is 0.415 e. The number of alkyl halides is 3. The number of aliphatic hydroxyl groups excluding tert-OH is 1. The molecule has 1 aliphatic heterocycles. The highest BCUT2D eigenvalue weighted by molar-refractivity contribution is 5.32. The molecule has 0 amide bonds. The minimum absolute atomic E-state index is 0.0146. The highest BCUT2D eigenvalue weighted by Gasteiger charge is 2.47. The summed E-state index contributed by atoms with van der Waals surface area (Å²) in [4.78, 5) is 15.2. The van der Waals surface area contributed by atoms with E-state index in [2.05, 4.69) is 15.0 Å².